The summed E-state index contributed by atoms with van der Waals surface area (Å²) in [7, 11) is 1.63. The predicted molar refractivity (Wildman–Crippen MR) is 44.9 cm³/mol. The molecule has 2 aliphatic rings. The summed E-state index contributed by atoms with van der Waals surface area (Å²) in [5.74, 6) is -0.306. The van der Waals surface area contributed by atoms with Crippen molar-refractivity contribution in [2.45, 2.75) is 45.2 Å². The fourth-order valence-corrected chi connectivity index (χ4v) is 1.90. The Morgan fingerprint density at radius 2 is 1.92 bits per heavy atom. The van der Waals surface area contributed by atoms with E-state index in [1.807, 2.05) is 20.8 Å². The molecule has 76 valence electrons. The van der Waals surface area contributed by atoms with E-state index in [1.165, 1.54) is 0 Å². The number of rotatable bonds is 1. The van der Waals surface area contributed by atoms with E-state index in [0.29, 0.717) is 0 Å². The summed E-state index contributed by atoms with van der Waals surface area (Å²) in [5.41, 5.74) is 0. The molecule has 2 heterocycles. The van der Waals surface area contributed by atoms with Gasteiger partial charge in [-0.3, -0.25) is 0 Å². The van der Waals surface area contributed by atoms with Gasteiger partial charge < -0.3 is 18.9 Å². The third-order valence-corrected chi connectivity index (χ3v) is 2.54. The monoisotopic (exact) mass is 188 g/mol. The molecule has 0 spiro atoms. The molecular formula is C9H16O4. The van der Waals surface area contributed by atoms with Gasteiger partial charge in [0, 0.05) is 13.0 Å². The summed E-state index contributed by atoms with van der Waals surface area (Å²) in [6.45, 7) is 5.83. The molecule has 2 aliphatic heterocycles. The van der Waals surface area contributed by atoms with E-state index in [0.717, 1.165) is 0 Å². The highest BCUT2D eigenvalue weighted by Gasteiger charge is 2.53. The van der Waals surface area contributed by atoms with Crippen LogP contribution in [0.2, 0.25) is 0 Å². The Morgan fingerprint density at radius 1 is 1.23 bits per heavy atom. The number of ether oxygens (including phenoxy) is 4. The van der Waals surface area contributed by atoms with Gasteiger partial charge in [-0.05, 0) is 13.8 Å². The van der Waals surface area contributed by atoms with Gasteiger partial charge >= 0.3 is 0 Å². The van der Waals surface area contributed by atoms with Gasteiger partial charge in [-0.1, -0.05) is 6.92 Å². The average Bonchev–Trinajstić information content (AvgIpc) is 2.47. The Hall–Kier alpha value is -0.160. The van der Waals surface area contributed by atoms with Crippen LogP contribution < -0.4 is 0 Å². The van der Waals surface area contributed by atoms with Crippen LogP contribution in [0, 0.1) is 5.92 Å². The van der Waals surface area contributed by atoms with Crippen molar-refractivity contribution in [3.63, 3.8) is 0 Å². The van der Waals surface area contributed by atoms with Crippen LogP contribution in [-0.4, -0.2) is 31.6 Å². The van der Waals surface area contributed by atoms with Crippen molar-refractivity contribution >= 4 is 0 Å². The SMILES string of the molecule is CO[C@H]1O[C@@H]2OC(C)(C)O[C@@H]2[C@@H]1C. The number of hydrogen-bond acceptors (Lipinski definition) is 4. The summed E-state index contributed by atoms with van der Waals surface area (Å²) in [6, 6.07) is 0. The predicted octanol–water partition coefficient (Wildman–Crippen LogP) is 1.10. The lowest BCUT2D eigenvalue weighted by molar-refractivity contribution is -0.247. The van der Waals surface area contributed by atoms with Crippen molar-refractivity contribution in [2.75, 3.05) is 7.11 Å². The molecule has 0 unspecified atom stereocenters. The Labute approximate surface area is 78.1 Å². The molecule has 2 saturated heterocycles. The molecule has 13 heavy (non-hydrogen) atoms. The average molecular weight is 188 g/mol. The highest BCUT2D eigenvalue weighted by molar-refractivity contribution is 4.87. The minimum Gasteiger partial charge on any atom is -0.355 e. The number of hydrogen-bond donors (Lipinski definition) is 0. The van der Waals surface area contributed by atoms with Crippen LogP contribution >= 0.6 is 0 Å². The van der Waals surface area contributed by atoms with Crippen molar-refractivity contribution in [3.05, 3.63) is 0 Å². The molecule has 0 amide bonds. The summed E-state index contributed by atoms with van der Waals surface area (Å²) in [5, 5.41) is 0. The third kappa shape index (κ3) is 1.48. The van der Waals surface area contributed by atoms with Crippen molar-refractivity contribution in [1.82, 2.24) is 0 Å². The van der Waals surface area contributed by atoms with Crippen molar-refractivity contribution in [3.8, 4) is 0 Å². The topological polar surface area (TPSA) is 36.9 Å². The quantitative estimate of drug-likeness (QED) is 0.617. The van der Waals surface area contributed by atoms with Crippen molar-refractivity contribution < 1.29 is 18.9 Å². The molecule has 4 heteroatoms. The van der Waals surface area contributed by atoms with Gasteiger partial charge in [0.05, 0.1) is 0 Å². The molecule has 2 rings (SSSR count). The number of fused-ring (bicyclic) bond motifs is 1. The lowest BCUT2D eigenvalue weighted by Gasteiger charge is -2.22. The largest absolute Gasteiger partial charge is 0.355 e. The van der Waals surface area contributed by atoms with Gasteiger partial charge in [0.15, 0.2) is 18.4 Å². The van der Waals surface area contributed by atoms with Crippen LogP contribution in [0.25, 0.3) is 0 Å². The highest BCUT2D eigenvalue weighted by atomic mass is 16.9. The molecule has 0 N–H and O–H groups in total. The Kier molecular flexibility index (Phi) is 2.11. The zero-order chi connectivity index (χ0) is 9.64. The fraction of sp³-hybridized carbons (Fsp3) is 1.00. The zero-order valence-corrected chi connectivity index (χ0v) is 8.44. The van der Waals surface area contributed by atoms with Gasteiger partial charge in [-0.25, -0.2) is 0 Å². The van der Waals surface area contributed by atoms with Crippen molar-refractivity contribution in [2.24, 2.45) is 5.92 Å². The van der Waals surface area contributed by atoms with E-state index in [-0.39, 0.29) is 24.6 Å². The van der Waals surface area contributed by atoms with E-state index in [2.05, 4.69) is 0 Å². The van der Waals surface area contributed by atoms with E-state index >= 15 is 0 Å². The summed E-state index contributed by atoms with van der Waals surface area (Å²) < 4.78 is 21.9. The molecule has 4 atom stereocenters. The standard InChI is InChI=1S/C9H16O4/c1-5-6-8(11-7(5)10-4)13-9(2,3)12-6/h5-8H,1-4H3/t5-,6+,7-,8+/m0/s1. The first kappa shape index (κ1) is 9.40. The minimum atomic E-state index is -0.525. The number of methoxy groups -OCH3 is 1. The first-order valence-corrected chi connectivity index (χ1v) is 4.57. The Balaban J connectivity index is 2.07. The maximum absolute atomic E-state index is 5.69. The molecule has 0 aromatic heterocycles. The molecule has 0 aromatic carbocycles. The summed E-state index contributed by atoms with van der Waals surface area (Å²) >= 11 is 0. The van der Waals surface area contributed by atoms with Crippen LogP contribution in [0.15, 0.2) is 0 Å². The molecule has 0 saturated carbocycles. The first-order valence-electron chi connectivity index (χ1n) is 4.57. The second-order valence-electron chi connectivity index (χ2n) is 4.07. The smallest absolute Gasteiger partial charge is 0.190 e. The first-order chi connectivity index (χ1) is 6.03. The second-order valence-corrected chi connectivity index (χ2v) is 4.07. The zero-order valence-electron chi connectivity index (χ0n) is 8.44. The van der Waals surface area contributed by atoms with E-state index in [9.17, 15) is 0 Å². The van der Waals surface area contributed by atoms with Gasteiger partial charge in [0.25, 0.3) is 0 Å². The van der Waals surface area contributed by atoms with Crippen LogP contribution in [0.5, 0.6) is 0 Å². The van der Waals surface area contributed by atoms with Crippen molar-refractivity contribution in [1.29, 1.82) is 0 Å². The van der Waals surface area contributed by atoms with Gasteiger partial charge in [-0.15, -0.1) is 0 Å². The molecular weight excluding hydrogens is 172 g/mol. The lowest BCUT2D eigenvalue weighted by Crippen LogP contribution is -2.29. The lowest BCUT2D eigenvalue weighted by atomic mass is 10.1. The van der Waals surface area contributed by atoms with Crippen LogP contribution in [0.3, 0.4) is 0 Å². The van der Waals surface area contributed by atoms with Crippen LogP contribution in [-0.2, 0) is 18.9 Å². The maximum atomic E-state index is 5.69. The Morgan fingerprint density at radius 3 is 2.46 bits per heavy atom. The van der Waals surface area contributed by atoms with E-state index in [1.54, 1.807) is 7.11 Å². The Bertz CT molecular complexity index is 204. The molecule has 0 aromatic rings. The molecule has 0 aliphatic carbocycles. The fourth-order valence-electron chi connectivity index (χ4n) is 1.90. The minimum absolute atomic E-state index is 0.0000463. The summed E-state index contributed by atoms with van der Waals surface area (Å²) in [4.78, 5) is 0. The highest BCUT2D eigenvalue weighted by Crippen LogP contribution is 2.40. The normalized spacial score (nSPS) is 48.0. The third-order valence-electron chi connectivity index (χ3n) is 2.54. The molecule has 0 bridgehead atoms. The maximum Gasteiger partial charge on any atom is 0.190 e. The summed E-state index contributed by atoms with van der Waals surface area (Å²) in [6.07, 6.45) is -0.471. The molecule has 0 radical (unpaired) electrons. The van der Waals surface area contributed by atoms with Crippen LogP contribution in [0.1, 0.15) is 20.8 Å². The van der Waals surface area contributed by atoms with Gasteiger partial charge in [0.2, 0.25) is 0 Å². The van der Waals surface area contributed by atoms with E-state index < -0.39 is 5.79 Å². The van der Waals surface area contributed by atoms with Gasteiger partial charge in [-0.2, -0.15) is 0 Å². The second kappa shape index (κ2) is 2.92. The molecule has 4 nitrogen and oxygen atoms in total. The van der Waals surface area contributed by atoms with E-state index in [4.69, 9.17) is 18.9 Å². The molecule has 2 fully saturated rings. The van der Waals surface area contributed by atoms with Crippen LogP contribution in [0.4, 0.5) is 0 Å². The van der Waals surface area contributed by atoms with Gasteiger partial charge in [0.1, 0.15) is 6.10 Å².